The van der Waals surface area contributed by atoms with Gasteiger partial charge in [0.2, 0.25) is 0 Å². The normalized spacial score (nSPS) is 49.0. The van der Waals surface area contributed by atoms with Crippen LogP contribution in [-0.2, 0) is 9.47 Å². The molecule has 2 saturated carbocycles. The SMILES string of the molecule is CC[C@@H]1C[C@@H](C)[C@]2(COC)[C@H](O)[C@H](CC)C[C@@H](C)[C@]2(COC)[C@@H]1O. The van der Waals surface area contributed by atoms with Gasteiger partial charge in [-0.3, -0.25) is 0 Å². The zero-order valence-electron chi connectivity index (χ0n) is 16.4. The first-order chi connectivity index (χ1) is 11.4. The topological polar surface area (TPSA) is 58.9 Å². The number of hydrogen-bond acceptors (Lipinski definition) is 4. The molecule has 0 aromatic carbocycles. The monoisotopic (exact) mass is 342 g/mol. The van der Waals surface area contributed by atoms with Crippen molar-refractivity contribution in [1.29, 1.82) is 0 Å². The number of methoxy groups -OCH3 is 2. The lowest BCUT2D eigenvalue weighted by Crippen LogP contribution is -2.73. The van der Waals surface area contributed by atoms with Crippen molar-refractivity contribution >= 4 is 0 Å². The van der Waals surface area contributed by atoms with Crippen LogP contribution in [0.15, 0.2) is 0 Å². The van der Waals surface area contributed by atoms with E-state index in [0.29, 0.717) is 13.2 Å². The zero-order valence-corrected chi connectivity index (χ0v) is 16.4. The minimum absolute atomic E-state index is 0.257. The van der Waals surface area contributed by atoms with Crippen molar-refractivity contribution in [3.63, 3.8) is 0 Å². The molecule has 0 unspecified atom stereocenters. The van der Waals surface area contributed by atoms with Crippen molar-refractivity contribution < 1.29 is 19.7 Å². The van der Waals surface area contributed by atoms with Crippen LogP contribution in [0.3, 0.4) is 0 Å². The van der Waals surface area contributed by atoms with E-state index < -0.39 is 23.0 Å². The molecule has 0 bridgehead atoms. The Hall–Kier alpha value is -0.160. The third-order valence-corrected chi connectivity index (χ3v) is 7.70. The lowest BCUT2D eigenvalue weighted by Gasteiger charge is -2.68. The molecule has 2 N–H and O–H groups in total. The molecule has 24 heavy (non-hydrogen) atoms. The summed E-state index contributed by atoms with van der Waals surface area (Å²) >= 11 is 0. The molecule has 142 valence electrons. The second kappa shape index (κ2) is 7.61. The molecule has 0 aromatic rings. The van der Waals surface area contributed by atoms with Gasteiger partial charge in [0, 0.05) is 25.0 Å². The minimum atomic E-state index is -0.462. The zero-order chi connectivity index (χ0) is 18.1. The van der Waals surface area contributed by atoms with E-state index in [-0.39, 0.29) is 23.7 Å². The third-order valence-electron chi connectivity index (χ3n) is 7.70. The van der Waals surface area contributed by atoms with Gasteiger partial charge in [-0.2, -0.15) is 0 Å². The van der Waals surface area contributed by atoms with Gasteiger partial charge in [-0.15, -0.1) is 0 Å². The molecule has 0 aliphatic heterocycles. The van der Waals surface area contributed by atoms with Crippen LogP contribution in [0.2, 0.25) is 0 Å². The quantitative estimate of drug-likeness (QED) is 0.779. The summed E-state index contributed by atoms with van der Waals surface area (Å²) in [5.74, 6) is 1.08. The number of ether oxygens (including phenoxy) is 2. The van der Waals surface area contributed by atoms with Crippen molar-refractivity contribution in [2.24, 2.45) is 34.5 Å². The summed E-state index contributed by atoms with van der Waals surface area (Å²) in [5.41, 5.74) is -0.914. The molecule has 0 amide bonds. The van der Waals surface area contributed by atoms with Crippen LogP contribution in [0.4, 0.5) is 0 Å². The van der Waals surface area contributed by atoms with Crippen LogP contribution in [0, 0.1) is 34.5 Å². The van der Waals surface area contributed by atoms with E-state index in [1.54, 1.807) is 14.2 Å². The molecule has 0 aromatic heterocycles. The number of hydrogen-bond donors (Lipinski definition) is 2. The van der Waals surface area contributed by atoms with Crippen molar-refractivity contribution in [2.45, 2.75) is 65.6 Å². The Kier molecular flexibility index (Phi) is 6.39. The molecule has 0 heterocycles. The van der Waals surface area contributed by atoms with Gasteiger partial charge in [-0.25, -0.2) is 0 Å². The van der Waals surface area contributed by atoms with E-state index in [0.717, 1.165) is 25.7 Å². The Balaban J connectivity index is 2.66. The van der Waals surface area contributed by atoms with Crippen molar-refractivity contribution in [1.82, 2.24) is 0 Å². The van der Waals surface area contributed by atoms with E-state index in [1.807, 2.05) is 0 Å². The lowest BCUT2D eigenvalue weighted by molar-refractivity contribution is -0.296. The molecule has 4 heteroatoms. The average molecular weight is 343 g/mol. The lowest BCUT2D eigenvalue weighted by atomic mass is 9.39. The highest BCUT2D eigenvalue weighted by Gasteiger charge is 2.70. The van der Waals surface area contributed by atoms with Crippen molar-refractivity contribution in [3.05, 3.63) is 0 Å². The molecule has 2 aliphatic rings. The summed E-state index contributed by atoms with van der Waals surface area (Å²) < 4.78 is 11.4. The molecule has 0 spiro atoms. The van der Waals surface area contributed by atoms with Gasteiger partial charge >= 0.3 is 0 Å². The second-order valence-corrected chi connectivity index (χ2v) is 8.45. The fourth-order valence-electron chi connectivity index (χ4n) is 6.46. The van der Waals surface area contributed by atoms with Gasteiger partial charge in [0.25, 0.3) is 0 Å². The van der Waals surface area contributed by atoms with Gasteiger partial charge in [-0.05, 0) is 36.5 Å². The fraction of sp³-hybridized carbons (Fsp3) is 1.00. The summed E-state index contributed by atoms with van der Waals surface area (Å²) in [7, 11) is 3.43. The van der Waals surface area contributed by atoms with Crippen molar-refractivity contribution in [3.8, 4) is 0 Å². The van der Waals surface area contributed by atoms with Gasteiger partial charge in [0.15, 0.2) is 0 Å². The van der Waals surface area contributed by atoms with Crippen LogP contribution in [-0.4, -0.2) is 49.9 Å². The first-order valence-corrected chi connectivity index (χ1v) is 9.71. The molecule has 8 atom stereocenters. The number of fused-ring (bicyclic) bond motifs is 1. The fourth-order valence-corrected chi connectivity index (χ4v) is 6.46. The summed E-state index contributed by atoms with van der Waals surface area (Å²) in [6.45, 7) is 9.75. The number of aliphatic hydroxyl groups is 2. The van der Waals surface area contributed by atoms with Crippen LogP contribution >= 0.6 is 0 Å². The Morgan fingerprint density at radius 3 is 1.38 bits per heavy atom. The molecule has 2 fully saturated rings. The number of aliphatic hydroxyl groups excluding tert-OH is 2. The number of rotatable bonds is 6. The van der Waals surface area contributed by atoms with Crippen LogP contribution in [0.5, 0.6) is 0 Å². The molecule has 4 nitrogen and oxygen atoms in total. The highest BCUT2D eigenvalue weighted by Crippen LogP contribution is 2.66. The van der Waals surface area contributed by atoms with E-state index in [2.05, 4.69) is 27.7 Å². The Morgan fingerprint density at radius 2 is 1.12 bits per heavy atom. The van der Waals surface area contributed by atoms with Gasteiger partial charge in [0.1, 0.15) is 0 Å². The standard InChI is InChI=1S/C20H38O4/c1-7-15-9-13(3)20(12-24-6)18(22)16(8-2)10-14(4)19(20,11-23-5)17(15)21/h13-18,21-22H,7-12H2,1-6H3/t13-,14-,15-,16-,17-,18-,19-,20-/m1/s1. The molecule has 2 rings (SSSR count). The molecule has 0 saturated heterocycles. The van der Waals surface area contributed by atoms with E-state index in [9.17, 15) is 10.2 Å². The highest BCUT2D eigenvalue weighted by atomic mass is 16.5. The van der Waals surface area contributed by atoms with E-state index in [4.69, 9.17) is 9.47 Å². The molecular weight excluding hydrogens is 304 g/mol. The first kappa shape index (κ1) is 20.2. The summed E-state index contributed by atoms with van der Waals surface area (Å²) in [4.78, 5) is 0. The molecule has 2 aliphatic carbocycles. The Morgan fingerprint density at radius 1 is 0.792 bits per heavy atom. The second-order valence-electron chi connectivity index (χ2n) is 8.45. The maximum absolute atomic E-state index is 11.5. The van der Waals surface area contributed by atoms with E-state index >= 15 is 0 Å². The van der Waals surface area contributed by atoms with Crippen LogP contribution in [0.25, 0.3) is 0 Å². The van der Waals surface area contributed by atoms with Gasteiger partial charge in [0.05, 0.1) is 25.4 Å². The summed E-state index contributed by atoms with van der Waals surface area (Å²) in [5, 5.41) is 22.9. The third kappa shape index (κ3) is 2.56. The maximum Gasteiger partial charge on any atom is 0.0656 e. The predicted molar refractivity (Wildman–Crippen MR) is 95.8 cm³/mol. The largest absolute Gasteiger partial charge is 0.392 e. The summed E-state index contributed by atoms with van der Waals surface area (Å²) in [6.07, 6.45) is 2.87. The van der Waals surface area contributed by atoms with Gasteiger partial charge < -0.3 is 19.7 Å². The summed E-state index contributed by atoms with van der Waals surface area (Å²) in [6, 6.07) is 0. The minimum Gasteiger partial charge on any atom is -0.392 e. The molecule has 0 radical (unpaired) electrons. The van der Waals surface area contributed by atoms with Crippen LogP contribution in [0.1, 0.15) is 53.4 Å². The maximum atomic E-state index is 11.5. The Labute approximate surface area is 147 Å². The first-order valence-electron chi connectivity index (χ1n) is 9.71. The average Bonchev–Trinajstić information content (AvgIpc) is 2.56. The smallest absolute Gasteiger partial charge is 0.0656 e. The predicted octanol–water partition coefficient (Wildman–Crippen LogP) is 3.11. The van der Waals surface area contributed by atoms with E-state index in [1.165, 1.54) is 0 Å². The Bertz CT molecular complexity index is 376. The highest BCUT2D eigenvalue weighted by molar-refractivity contribution is 5.17. The van der Waals surface area contributed by atoms with Gasteiger partial charge in [-0.1, -0.05) is 40.5 Å². The van der Waals surface area contributed by atoms with Crippen LogP contribution < -0.4 is 0 Å². The molecular formula is C20H38O4. The van der Waals surface area contributed by atoms with Crippen molar-refractivity contribution in [2.75, 3.05) is 27.4 Å².